The van der Waals surface area contributed by atoms with Crippen molar-refractivity contribution in [3.63, 3.8) is 0 Å². The first-order valence-corrected chi connectivity index (χ1v) is 12.6. The second-order valence-corrected chi connectivity index (χ2v) is 10.3. The predicted molar refractivity (Wildman–Crippen MR) is 134 cm³/mol. The summed E-state index contributed by atoms with van der Waals surface area (Å²) < 4.78 is 46.2. The van der Waals surface area contributed by atoms with E-state index < -0.39 is 17.3 Å². The lowest BCUT2D eigenvalue weighted by atomic mass is 9.89. The number of amides is 1. The highest BCUT2D eigenvalue weighted by molar-refractivity contribution is 6.29. The molecule has 0 atom stereocenters. The van der Waals surface area contributed by atoms with Gasteiger partial charge in [-0.2, -0.15) is 13.2 Å². The van der Waals surface area contributed by atoms with Gasteiger partial charge < -0.3 is 14.6 Å². The van der Waals surface area contributed by atoms with Crippen molar-refractivity contribution < 1.29 is 22.7 Å². The van der Waals surface area contributed by atoms with Crippen LogP contribution in [0.3, 0.4) is 0 Å². The summed E-state index contributed by atoms with van der Waals surface area (Å²) in [5.41, 5.74) is -0.593. The maximum Gasteiger partial charge on any atom is 0.416 e. The normalized spacial score (nSPS) is 15.0. The van der Waals surface area contributed by atoms with Crippen LogP contribution in [0.5, 0.6) is 0 Å². The summed E-state index contributed by atoms with van der Waals surface area (Å²) in [5, 5.41) is 3.03. The van der Waals surface area contributed by atoms with Gasteiger partial charge in [0.15, 0.2) is 0 Å². The molecular weight excluding hydrogens is 491 g/mol. The van der Waals surface area contributed by atoms with Gasteiger partial charge in [-0.15, -0.1) is 0 Å². The van der Waals surface area contributed by atoms with Gasteiger partial charge >= 0.3 is 6.18 Å². The summed E-state index contributed by atoms with van der Waals surface area (Å²) in [6.07, 6.45) is 1.18. The molecule has 0 aliphatic heterocycles. The van der Waals surface area contributed by atoms with Crippen molar-refractivity contribution in [1.82, 2.24) is 14.9 Å². The molecule has 1 aromatic heterocycles. The summed E-state index contributed by atoms with van der Waals surface area (Å²) in [5.74, 6) is 6.03. The van der Waals surface area contributed by atoms with Crippen molar-refractivity contribution >= 4 is 17.5 Å². The average molecular weight is 524 g/mol. The minimum Gasteiger partial charge on any atom is -0.360 e. The number of alkyl halides is 3. The number of carbonyl (C=O) groups excluding carboxylic acids is 1. The van der Waals surface area contributed by atoms with Crippen molar-refractivity contribution in [2.75, 3.05) is 6.54 Å². The van der Waals surface area contributed by atoms with Crippen molar-refractivity contribution in [1.29, 1.82) is 0 Å². The fraction of sp³-hybridized carbons (Fsp3) is 0.556. The molecule has 1 aliphatic rings. The molecule has 1 N–H and O–H groups in total. The maximum atomic E-state index is 13.3. The molecule has 0 spiro atoms. The van der Waals surface area contributed by atoms with E-state index in [1.165, 1.54) is 23.1 Å². The summed E-state index contributed by atoms with van der Waals surface area (Å²) in [6.45, 7) is 8.07. The van der Waals surface area contributed by atoms with Gasteiger partial charge in [-0.25, -0.2) is 4.98 Å². The Labute approximate surface area is 215 Å². The van der Waals surface area contributed by atoms with Crippen LogP contribution in [0, 0.1) is 17.8 Å². The summed E-state index contributed by atoms with van der Waals surface area (Å²) >= 11 is 6.42. The number of aromatic nitrogens is 2. The first-order chi connectivity index (χ1) is 16.9. The molecule has 1 aromatic carbocycles. The van der Waals surface area contributed by atoms with E-state index in [4.69, 9.17) is 16.3 Å². The van der Waals surface area contributed by atoms with Gasteiger partial charge in [0.2, 0.25) is 5.28 Å². The van der Waals surface area contributed by atoms with E-state index in [0.29, 0.717) is 18.0 Å². The number of halogens is 4. The lowest BCUT2D eigenvalue weighted by Crippen LogP contribution is -2.32. The molecule has 1 fully saturated rings. The fourth-order valence-corrected chi connectivity index (χ4v) is 4.64. The zero-order valence-corrected chi connectivity index (χ0v) is 21.9. The van der Waals surface area contributed by atoms with Crippen LogP contribution in [-0.2, 0) is 17.5 Å². The average Bonchev–Trinajstić information content (AvgIpc) is 3.11. The van der Waals surface area contributed by atoms with Crippen LogP contribution in [0.1, 0.15) is 87.1 Å². The number of ether oxygens (including phenoxy) is 1. The standard InChI is InChI=1S/C27H33ClF3N3O2/c1-18(2)36-26(3,4)15-14-22-23(24(35)32-16-19-8-6-5-7-9-19)34(25(28)33-22)17-20-10-12-21(13-11-20)27(29,30)31/h10-13,18-19H,5-9,16-17H2,1-4H3,(H,32,35). The van der Waals surface area contributed by atoms with Crippen molar-refractivity contribution in [3.05, 3.63) is 52.1 Å². The second-order valence-electron chi connectivity index (χ2n) is 10.00. The Bertz CT molecular complexity index is 1110. The Morgan fingerprint density at radius 3 is 2.42 bits per heavy atom. The van der Waals surface area contributed by atoms with E-state index in [-0.39, 0.29) is 35.2 Å². The third-order valence-corrected chi connectivity index (χ3v) is 6.33. The first-order valence-electron chi connectivity index (χ1n) is 12.3. The number of benzene rings is 1. The quantitative estimate of drug-likeness (QED) is 0.423. The fourth-order valence-electron chi connectivity index (χ4n) is 4.41. The van der Waals surface area contributed by atoms with Gasteiger partial charge in [0, 0.05) is 6.54 Å². The number of nitrogens with zero attached hydrogens (tertiary/aromatic N) is 2. The van der Waals surface area contributed by atoms with Crippen LogP contribution in [0.15, 0.2) is 24.3 Å². The van der Waals surface area contributed by atoms with Crippen LogP contribution in [0.2, 0.25) is 5.28 Å². The number of hydrogen-bond donors (Lipinski definition) is 1. The van der Waals surface area contributed by atoms with Crippen molar-refractivity contribution in [2.45, 2.75) is 84.2 Å². The molecule has 1 amide bonds. The molecule has 5 nitrogen and oxygen atoms in total. The molecule has 3 rings (SSSR count). The molecule has 0 saturated heterocycles. The highest BCUT2D eigenvalue weighted by Crippen LogP contribution is 2.29. The van der Waals surface area contributed by atoms with E-state index in [2.05, 4.69) is 22.1 Å². The molecule has 0 bridgehead atoms. The molecule has 0 radical (unpaired) electrons. The molecule has 196 valence electrons. The molecule has 9 heteroatoms. The van der Waals surface area contributed by atoms with E-state index in [0.717, 1.165) is 37.8 Å². The highest BCUT2D eigenvalue weighted by Gasteiger charge is 2.30. The van der Waals surface area contributed by atoms with Gasteiger partial charge in [-0.3, -0.25) is 4.79 Å². The van der Waals surface area contributed by atoms with E-state index in [1.807, 2.05) is 27.7 Å². The lowest BCUT2D eigenvalue weighted by molar-refractivity contribution is -0.137. The molecular formula is C27H33ClF3N3O2. The molecule has 36 heavy (non-hydrogen) atoms. The SMILES string of the molecule is CC(C)OC(C)(C)C#Cc1nc(Cl)n(Cc2ccc(C(F)(F)F)cc2)c1C(=O)NCC1CCCCC1. The third-order valence-electron chi connectivity index (χ3n) is 6.05. The zero-order valence-electron chi connectivity index (χ0n) is 21.1. The third kappa shape index (κ3) is 7.75. The molecule has 2 aromatic rings. The minimum atomic E-state index is -4.43. The van der Waals surface area contributed by atoms with Crippen LogP contribution in [0.4, 0.5) is 13.2 Å². The van der Waals surface area contributed by atoms with E-state index in [9.17, 15) is 18.0 Å². The maximum absolute atomic E-state index is 13.3. The number of imidazole rings is 1. The van der Waals surface area contributed by atoms with Crippen LogP contribution < -0.4 is 5.32 Å². The van der Waals surface area contributed by atoms with Gasteiger partial charge in [0.25, 0.3) is 5.91 Å². The number of hydrogen-bond acceptors (Lipinski definition) is 3. The molecule has 1 aliphatic carbocycles. The predicted octanol–water partition coefficient (Wildman–Crippen LogP) is 6.47. The second kappa shape index (κ2) is 11.7. The largest absolute Gasteiger partial charge is 0.416 e. The first kappa shape index (κ1) is 28.1. The number of nitrogens with one attached hydrogen (secondary N) is 1. The van der Waals surface area contributed by atoms with Gasteiger partial charge in [0.05, 0.1) is 18.2 Å². The molecule has 0 unspecified atom stereocenters. The van der Waals surface area contributed by atoms with E-state index >= 15 is 0 Å². The van der Waals surface area contributed by atoms with Crippen molar-refractivity contribution in [3.8, 4) is 11.8 Å². The number of carbonyl (C=O) groups is 1. The lowest BCUT2D eigenvalue weighted by Gasteiger charge is -2.22. The van der Waals surface area contributed by atoms with Crippen LogP contribution >= 0.6 is 11.6 Å². The zero-order chi connectivity index (χ0) is 26.5. The minimum absolute atomic E-state index is 0.0320. The van der Waals surface area contributed by atoms with E-state index in [1.54, 1.807) is 0 Å². The number of rotatable bonds is 7. The molecule has 1 saturated carbocycles. The van der Waals surface area contributed by atoms with Gasteiger partial charge in [-0.05, 0) is 81.7 Å². The molecule has 1 heterocycles. The Hall–Kier alpha value is -2.50. The Morgan fingerprint density at radius 1 is 1.19 bits per heavy atom. The topological polar surface area (TPSA) is 56.2 Å². The summed E-state index contributed by atoms with van der Waals surface area (Å²) in [6, 6.07) is 4.76. The highest BCUT2D eigenvalue weighted by atomic mass is 35.5. The van der Waals surface area contributed by atoms with Crippen LogP contribution in [-0.4, -0.2) is 33.7 Å². The Kier molecular flexibility index (Phi) is 9.13. The monoisotopic (exact) mass is 523 g/mol. The Balaban J connectivity index is 1.92. The smallest absolute Gasteiger partial charge is 0.360 e. The van der Waals surface area contributed by atoms with Gasteiger partial charge in [-0.1, -0.05) is 37.3 Å². The summed E-state index contributed by atoms with van der Waals surface area (Å²) in [7, 11) is 0. The van der Waals surface area contributed by atoms with Gasteiger partial charge in [0.1, 0.15) is 17.0 Å². The summed E-state index contributed by atoms with van der Waals surface area (Å²) in [4.78, 5) is 17.7. The van der Waals surface area contributed by atoms with Crippen LogP contribution in [0.25, 0.3) is 0 Å². The van der Waals surface area contributed by atoms with Crippen molar-refractivity contribution in [2.24, 2.45) is 5.92 Å². The Morgan fingerprint density at radius 2 is 1.83 bits per heavy atom.